The molecule has 0 unspecified atom stereocenters. The topological polar surface area (TPSA) is 89.3 Å². The molecule has 1 amide bonds. The molecule has 2 aromatic carbocycles. The summed E-state index contributed by atoms with van der Waals surface area (Å²) in [4.78, 5) is 21.7. The number of hydrogen-bond donors (Lipinski definition) is 3. The van der Waals surface area contributed by atoms with Crippen molar-refractivity contribution in [2.45, 2.75) is 32.8 Å². The number of nitrogens with one attached hydrogen (secondary N) is 2. The van der Waals surface area contributed by atoms with Gasteiger partial charge in [0.25, 0.3) is 5.91 Å². The van der Waals surface area contributed by atoms with E-state index >= 15 is 8.78 Å². The van der Waals surface area contributed by atoms with Gasteiger partial charge in [-0.05, 0) is 84.8 Å². The maximum atomic E-state index is 15.2. The fraction of sp³-hybridized carbons (Fsp3) is 0.217. The van der Waals surface area contributed by atoms with E-state index in [0.717, 1.165) is 6.07 Å². The van der Waals surface area contributed by atoms with E-state index in [1.807, 2.05) is 22.6 Å². The van der Waals surface area contributed by atoms with Crippen LogP contribution in [0.1, 0.15) is 42.3 Å². The van der Waals surface area contributed by atoms with Gasteiger partial charge in [-0.15, -0.1) is 0 Å². The zero-order chi connectivity index (χ0) is 25.2. The highest BCUT2D eigenvalue weighted by Crippen LogP contribution is 2.32. The molecular weight excluding hydrogens is 567 g/mol. The van der Waals surface area contributed by atoms with Gasteiger partial charge in [-0.25, -0.2) is 28.0 Å². The molecular formula is C23H21F4IN4O2. The fourth-order valence-electron chi connectivity index (χ4n) is 2.93. The van der Waals surface area contributed by atoms with Crippen molar-refractivity contribution in [3.63, 3.8) is 0 Å². The maximum Gasteiger partial charge on any atom is 0.277 e. The van der Waals surface area contributed by atoms with Crippen LogP contribution in [0.25, 0.3) is 0 Å². The number of nitrogen functional groups attached to an aromatic ring is 1. The van der Waals surface area contributed by atoms with Crippen LogP contribution in [0.15, 0.2) is 36.5 Å². The summed E-state index contributed by atoms with van der Waals surface area (Å²) in [6.45, 7) is 5.00. The average Bonchev–Trinajstić information content (AvgIpc) is 2.75. The molecule has 0 radical (unpaired) electrons. The second kappa shape index (κ2) is 10.1. The molecule has 180 valence electrons. The van der Waals surface area contributed by atoms with Crippen molar-refractivity contribution in [2.24, 2.45) is 0 Å². The molecule has 0 aliphatic heterocycles. The first-order valence-corrected chi connectivity index (χ1v) is 11.1. The summed E-state index contributed by atoms with van der Waals surface area (Å²) < 4.78 is 59.5. The normalized spacial score (nSPS) is 11.4. The first-order valence-electron chi connectivity index (χ1n) is 9.97. The molecule has 0 spiro atoms. The minimum atomic E-state index is -1.45. The number of carbonyl (C=O) groups is 1. The molecule has 0 atom stereocenters. The average molecular weight is 588 g/mol. The molecule has 0 bridgehead atoms. The SMILES string of the molecule is CC(C)(C)ONC(=O)c1cc(Cc2ccnc(N)c2F)c(F)c(F)c1Nc1ccc(I)cc1F. The number of hydroxylamine groups is 1. The molecule has 0 fully saturated rings. The van der Waals surface area contributed by atoms with Crippen molar-refractivity contribution in [1.29, 1.82) is 0 Å². The van der Waals surface area contributed by atoms with Gasteiger partial charge < -0.3 is 11.1 Å². The number of pyridine rings is 1. The van der Waals surface area contributed by atoms with Crippen LogP contribution in [0.5, 0.6) is 0 Å². The molecule has 3 rings (SSSR count). The van der Waals surface area contributed by atoms with Crippen molar-refractivity contribution in [3.8, 4) is 0 Å². The van der Waals surface area contributed by atoms with E-state index in [2.05, 4.69) is 15.8 Å². The van der Waals surface area contributed by atoms with Crippen molar-refractivity contribution < 1.29 is 27.2 Å². The van der Waals surface area contributed by atoms with Crippen LogP contribution in [-0.4, -0.2) is 16.5 Å². The Balaban J connectivity index is 2.10. The number of halogens is 5. The maximum absolute atomic E-state index is 15.2. The minimum absolute atomic E-state index is 0.0486. The Kier molecular flexibility index (Phi) is 7.66. The lowest BCUT2D eigenvalue weighted by Gasteiger charge is -2.21. The molecule has 6 nitrogen and oxygen atoms in total. The van der Waals surface area contributed by atoms with Gasteiger partial charge in [-0.2, -0.15) is 0 Å². The van der Waals surface area contributed by atoms with Gasteiger partial charge in [-0.3, -0.25) is 9.63 Å². The van der Waals surface area contributed by atoms with E-state index in [1.165, 1.54) is 24.4 Å². The summed E-state index contributed by atoms with van der Waals surface area (Å²) >= 11 is 1.89. The summed E-state index contributed by atoms with van der Waals surface area (Å²) in [6.07, 6.45) is 0.808. The molecule has 0 saturated heterocycles. The van der Waals surface area contributed by atoms with Gasteiger partial charge in [0.15, 0.2) is 23.3 Å². The number of benzene rings is 2. The molecule has 11 heteroatoms. The number of hydrogen-bond acceptors (Lipinski definition) is 5. The largest absolute Gasteiger partial charge is 0.381 e. The Morgan fingerprint density at radius 3 is 2.41 bits per heavy atom. The fourth-order valence-corrected chi connectivity index (χ4v) is 3.39. The Labute approximate surface area is 207 Å². The number of nitrogens with zero attached hydrogens (tertiary/aromatic N) is 1. The first-order chi connectivity index (χ1) is 15.9. The highest BCUT2D eigenvalue weighted by molar-refractivity contribution is 14.1. The molecule has 3 aromatic rings. The van der Waals surface area contributed by atoms with Gasteiger partial charge in [-0.1, -0.05) is 0 Å². The summed E-state index contributed by atoms with van der Waals surface area (Å²) in [7, 11) is 0. The molecule has 34 heavy (non-hydrogen) atoms. The van der Waals surface area contributed by atoms with E-state index in [9.17, 15) is 13.6 Å². The molecule has 1 aromatic heterocycles. The van der Waals surface area contributed by atoms with Gasteiger partial charge in [0, 0.05) is 16.2 Å². The van der Waals surface area contributed by atoms with E-state index in [-0.39, 0.29) is 22.4 Å². The van der Waals surface area contributed by atoms with Crippen LogP contribution >= 0.6 is 22.6 Å². The quantitative estimate of drug-likeness (QED) is 0.198. The minimum Gasteiger partial charge on any atom is -0.381 e. The standard InChI is InChI=1S/C23H21F4IN4O2/c1-23(2,3)34-32-22(33)14-9-12(8-11-6-7-30-21(29)18(11)26)17(25)19(27)20(14)31-16-5-4-13(28)10-15(16)24/h4-7,9-10,31H,8H2,1-3H3,(H2,29,30)(H,32,33). The Morgan fingerprint density at radius 2 is 1.76 bits per heavy atom. The molecule has 0 aliphatic rings. The van der Waals surface area contributed by atoms with Crippen molar-refractivity contribution >= 4 is 45.7 Å². The predicted octanol–water partition coefficient (Wildman–Crippen LogP) is 5.62. The predicted molar refractivity (Wildman–Crippen MR) is 128 cm³/mol. The smallest absolute Gasteiger partial charge is 0.277 e. The number of anilines is 3. The van der Waals surface area contributed by atoms with Gasteiger partial charge >= 0.3 is 0 Å². The summed E-state index contributed by atoms with van der Waals surface area (Å²) in [5.41, 5.74) is 5.32. The second-order valence-corrected chi connectivity index (χ2v) is 9.57. The lowest BCUT2D eigenvalue weighted by Crippen LogP contribution is -2.34. The van der Waals surface area contributed by atoms with E-state index in [4.69, 9.17) is 10.6 Å². The lowest BCUT2D eigenvalue weighted by molar-refractivity contribution is -0.0589. The summed E-state index contributed by atoms with van der Waals surface area (Å²) in [5.74, 6) is -5.72. The Hall–Kier alpha value is -2.93. The molecule has 0 saturated carbocycles. The second-order valence-electron chi connectivity index (χ2n) is 8.33. The van der Waals surface area contributed by atoms with Crippen LogP contribution in [0.3, 0.4) is 0 Å². The van der Waals surface area contributed by atoms with E-state index < -0.39 is 52.7 Å². The zero-order valence-corrected chi connectivity index (χ0v) is 20.6. The van der Waals surface area contributed by atoms with Gasteiger partial charge in [0.2, 0.25) is 0 Å². The number of nitrogens with two attached hydrogens (primary N) is 1. The number of rotatable bonds is 6. The summed E-state index contributed by atoms with van der Waals surface area (Å²) in [6, 6.07) is 6.37. The third-order valence-electron chi connectivity index (χ3n) is 4.54. The number of aromatic nitrogens is 1. The first kappa shape index (κ1) is 25.7. The molecule has 1 heterocycles. The van der Waals surface area contributed by atoms with Crippen LogP contribution in [0.4, 0.5) is 34.8 Å². The monoisotopic (exact) mass is 588 g/mol. The van der Waals surface area contributed by atoms with E-state index in [1.54, 1.807) is 26.8 Å². The summed E-state index contributed by atoms with van der Waals surface area (Å²) in [5, 5.41) is 2.45. The van der Waals surface area contributed by atoms with E-state index in [0.29, 0.717) is 3.57 Å². The van der Waals surface area contributed by atoms with Crippen LogP contribution in [0.2, 0.25) is 0 Å². The third kappa shape index (κ3) is 5.95. The molecule has 0 aliphatic carbocycles. The van der Waals surface area contributed by atoms with Crippen LogP contribution in [0, 0.1) is 26.8 Å². The number of amides is 1. The van der Waals surface area contributed by atoms with Crippen LogP contribution in [-0.2, 0) is 11.3 Å². The Morgan fingerprint density at radius 1 is 1.06 bits per heavy atom. The highest BCUT2D eigenvalue weighted by Gasteiger charge is 2.25. The van der Waals surface area contributed by atoms with Crippen molar-refractivity contribution in [2.75, 3.05) is 11.1 Å². The van der Waals surface area contributed by atoms with Crippen LogP contribution < -0.4 is 16.5 Å². The van der Waals surface area contributed by atoms with Crippen molar-refractivity contribution in [1.82, 2.24) is 10.5 Å². The van der Waals surface area contributed by atoms with Gasteiger partial charge in [0.05, 0.1) is 22.5 Å². The third-order valence-corrected chi connectivity index (χ3v) is 5.22. The molecule has 4 N–H and O–H groups in total. The number of carbonyl (C=O) groups excluding carboxylic acids is 1. The lowest BCUT2D eigenvalue weighted by atomic mass is 9.99. The highest BCUT2D eigenvalue weighted by atomic mass is 127. The van der Waals surface area contributed by atoms with Crippen molar-refractivity contribution in [3.05, 3.63) is 80.1 Å². The zero-order valence-electron chi connectivity index (χ0n) is 18.4. The Bertz CT molecular complexity index is 1250. The van der Waals surface area contributed by atoms with Gasteiger partial charge in [0.1, 0.15) is 5.82 Å².